The molecule has 0 aromatic heterocycles. The van der Waals surface area contributed by atoms with Crippen LogP contribution in [0, 0.1) is 15.9 Å². The predicted octanol–water partition coefficient (Wildman–Crippen LogP) is 2.31. The highest BCUT2D eigenvalue weighted by atomic mass is 35.5. The first kappa shape index (κ1) is 13.0. The van der Waals surface area contributed by atoms with Crippen LogP contribution in [0.4, 0.5) is 15.8 Å². The van der Waals surface area contributed by atoms with Gasteiger partial charge in [0.1, 0.15) is 11.5 Å². The van der Waals surface area contributed by atoms with Crippen molar-refractivity contribution in [3.8, 4) is 0 Å². The molecular weight excluding hydrogens is 261 g/mol. The number of nitro groups is 1. The van der Waals surface area contributed by atoms with Crippen LogP contribution in [0.15, 0.2) is 12.1 Å². The summed E-state index contributed by atoms with van der Waals surface area (Å²) in [5.74, 6) is -0.656. The zero-order chi connectivity index (χ0) is 13.3. The van der Waals surface area contributed by atoms with Crippen molar-refractivity contribution >= 4 is 23.0 Å². The molecule has 0 aliphatic carbocycles. The number of anilines is 1. The Bertz CT molecular complexity index is 484. The first-order valence-electron chi connectivity index (χ1n) is 5.63. The minimum Gasteiger partial charge on any atom is -0.364 e. The molecule has 0 amide bonds. The molecule has 0 unspecified atom stereocenters. The number of rotatable bonds is 2. The summed E-state index contributed by atoms with van der Waals surface area (Å²) >= 11 is 5.57. The van der Waals surface area contributed by atoms with E-state index in [1.54, 1.807) is 4.90 Å². The molecule has 0 bridgehead atoms. The summed E-state index contributed by atoms with van der Waals surface area (Å²) in [6.07, 6.45) is 1.71. The van der Waals surface area contributed by atoms with Gasteiger partial charge in [0.25, 0.3) is 5.69 Å². The number of piperidine rings is 1. The van der Waals surface area contributed by atoms with E-state index in [0.717, 1.165) is 25.0 Å². The molecule has 5 nitrogen and oxygen atoms in total. The lowest BCUT2D eigenvalue weighted by Gasteiger charge is -2.32. The maximum Gasteiger partial charge on any atom is 0.294 e. The summed E-state index contributed by atoms with van der Waals surface area (Å²) in [7, 11) is 0. The van der Waals surface area contributed by atoms with Crippen LogP contribution in [0.5, 0.6) is 0 Å². The van der Waals surface area contributed by atoms with E-state index in [2.05, 4.69) is 0 Å². The Morgan fingerprint density at radius 1 is 1.56 bits per heavy atom. The molecule has 1 heterocycles. The number of hydrogen-bond donors (Lipinski definition) is 1. The van der Waals surface area contributed by atoms with Gasteiger partial charge in [-0.25, -0.2) is 4.39 Å². The Balaban J connectivity index is 2.41. The quantitative estimate of drug-likeness (QED) is 0.663. The molecule has 1 aliphatic rings. The van der Waals surface area contributed by atoms with E-state index in [1.807, 2.05) is 0 Å². The Morgan fingerprint density at radius 3 is 2.89 bits per heavy atom. The van der Waals surface area contributed by atoms with Crippen LogP contribution < -0.4 is 10.6 Å². The van der Waals surface area contributed by atoms with E-state index in [-0.39, 0.29) is 22.4 Å². The van der Waals surface area contributed by atoms with Crippen LogP contribution in [0.25, 0.3) is 0 Å². The SMILES string of the molecule is N[C@@H]1CCCN(c2cc(F)c(Cl)cc2[N+](=O)[O-])C1. The van der Waals surface area contributed by atoms with E-state index >= 15 is 0 Å². The summed E-state index contributed by atoms with van der Waals surface area (Å²) in [6.45, 7) is 1.12. The van der Waals surface area contributed by atoms with Gasteiger partial charge in [0, 0.05) is 31.3 Å². The molecule has 1 aromatic carbocycles. The summed E-state index contributed by atoms with van der Waals surface area (Å²) in [4.78, 5) is 12.2. The van der Waals surface area contributed by atoms with Crippen LogP contribution >= 0.6 is 11.6 Å². The van der Waals surface area contributed by atoms with Crippen molar-refractivity contribution in [2.75, 3.05) is 18.0 Å². The van der Waals surface area contributed by atoms with Gasteiger partial charge in [0.2, 0.25) is 0 Å². The highest BCUT2D eigenvalue weighted by Gasteiger charge is 2.25. The fraction of sp³-hybridized carbons (Fsp3) is 0.455. The normalized spacial score (nSPS) is 19.9. The van der Waals surface area contributed by atoms with Gasteiger partial charge in [0.15, 0.2) is 0 Å². The molecule has 1 fully saturated rings. The van der Waals surface area contributed by atoms with Crippen LogP contribution in [-0.4, -0.2) is 24.1 Å². The lowest BCUT2D eigenvalue weighted by Crippen LogP contribution is -2.43. The third kappa shape index (κ3) is 2.54. The van der Waals surface area contributed by atoms with Gasteiger partial charge < -0.3 is 10.6 Å². The molecule has 0 radical (unpaired) electrons. The highest BCUT2D eigenvalue weighted by Crippen LogP contribution is 2.34. The Kier molecular flexibility index (Phi) is 3.68. The average Bonchev–Trinajstić information content (AvgIpc) is 2.31. The second-order valence-corrected chi connectivity index (χ2v) is 4.77. The van der Waals surface area contributed by atoms with E-state index in [0.29, 0.717) is 13.1 Å². The Hall–Kier alpha value is -1.40. The highest BCUT2D eigenvalue weighted by molar-refractivity contribution is 6.31. The third-order valence-corrected chi connectivity index (χ3v) is 3.30. The predicted molar refractivity (Wildman–Crippen MR) is 67.5 cm³/mol. The van der Waals surface area contributed by atoms with Crippen molar-refractivity contribution in [1.29, 1.82) is 0 Å². The summed E-state index contributed by atoms with van der Waals surface area (Å²) in [5.41, 5.74) is 5.89. The van der Waals surface area contributed by atoms with Gasteiger partial charge >= 0.3 is 0 Å². The van der Waals surface area contributed by atoms with Gasteiger partial charge in [-0.3, -0.25) is 10.1 Å². The van der Waals surface area contributed by atoms with Crippen LogP contribution in [0.1, 0.15) is 12.8 Å². The number of hydrogen-bond acceptors (Lipinski definition) is 4. The Labute approximate surface area is 108 Å². The smallest absolute Gasteiger partial charge is 0.294 e. The summed E-state index contributed by atoms with van der Waals surface area (Å²) in [6, 6.07) is 2.11. The number of nitrogens with zero attached hydrogens (tertiary/aromatic N) is 2. The zero-order valence-corrected chi connectivity index (χ0v) is 10.4. The number of nitrogens with two attached hydrogens (primary N) is 1. The van der Waals surface area contributed by atoms with Gasteiger partial charge in [-0.15, -0.1) is 0 Å². The van der Waals surface area contributed by atoms with Crippen LogP contribution in [0.3, 0.4) is 0 Å². The van der Waals surface area contributed by atoms with Gasteiger partial charge in [-0.2, -0.15) is 0 Å². The molecule has 18 heavy (non-hydrogen) atoms. The third-order valence-electron chi connectivity index (χ3n) is 3.01. The minimum atomic E-state index is -0.656. The largest absolute Gasteiger partial charge is 0.364 e. The molecule has 2 rings (SSSR count). The molecule has 1 atom stereocenters. The van der Waals surface area contributed by atoms with Crippen molar-refractivity contribution in [2.45, 2.75) is 18.9 Å². The van der Waals surface area contributed by atoms with E-state index in [1.165, 1.54) is 0 Å². The maximum absolute atomic E-state index is 13.5. The first-order valence-corrected chi connectivity index (χ1v) is 6.01. The fourth-order valence-corrected chi connectivity index (χ4v) is 2.31. The molecule has 0 saturated carbocycles. The lowest BCUT2D eigenvalue weighted by atomic mass is 10.1. The Morgan fingerprint density at radius 2 is 2.28 bits per heavy atom. The van der Waals surface area contributed by atoms with E-state index in [9.17, 15) is 14.5 Å². The molecule has 98 valence electrons. The zero-order valence-electron chi connectivity index (χ0n) is 9.60. The van der Waals surface area contributed by atoms with Crippen molar-refractivity contribution < 1.29 is 9.31 Å². The van der Waals surface area contributed by atoms with Crippen molar-refractivity contribution in [2.24, 2.45) is 5.73 Å². The molecule has 2 N–H and O–H groups in total. The molecular formula is C11H13ClFN3O2. The van der Waals surface area contributed by atoms with Crippen molar-refractivity contribution in [1.82, 2.24) is 0 Å². The van der Waals surface area contributed by atoms with Crippen molar-refractivity contribution in [3.63, 3.8) is 0 Å². The summed E-state index contributed by atoms with van der Waals surface area (Å²) < 4.78 is 13.5. The second-order valence-electron chi connectivity index (χ2n) is 4.36. The fourth-order valence-electron chi connectivity index (χ4n) is 2.15. The van der Waals surface area contributed by atoms with Gasteiger partial charge in [-0.05, 0) is 12.8 Å². The number of halogens is 2. The van der Waals surface area contributed by atoms with Crippen LogP contribution in [0.2, 0.25) is 5.02 Å². The molecule has 7 heteroatoms. The average molecular weight is 274 g/mol. The summed E-state index contributed by atoms with van der Waals surface area (Å²) in [5, 5.41) is 10.7. The van der Waals surface area contributed by atoms with Gasteiger partial charge in [-0.1, -0.05) is 11.6 Å². The minimum absolute atomic E-state index is 0.0444. The molecule has 1 saturated heterocycles. The topological polar surface area (TPSA) is 72.4 Å². The monoisotopic (exact) mass is 273 g/mol. The standard InChI is InChI=1S/C11H13ClFN3O2/c12-8-4-11(16(17)18)10(5-9(8)13)15-3-1-2-7(14)6-15/h4-5,7H,1-3,6,14H2/t7-/m1/s1. The number of nitro benzene ring substituents is 1. The second kappa shape index (κ2) is 5.07. The molecule has 1 aliphatic heterocycles. The molecule has 1 aromatic rings. The van der Waals surface area contributed by atoms with Crippen molar-refractivity contribution in [3.05, 3.63) is 33.1 Å². The first-order chi connectivity index (χ1) is 8.49. The van der Waals surface area contributed by atoms with Gasteiger partial charge in [0.05, 0.1) is 9.95 Å². The van der Waals surface area contributed by atoms with Crippen LogP contribution in [-0.2, 0) is 0 Å². The van der Waals surface area contributed by atoms with E-state index < -0.39 is 10.7 Å². The maximum atomic E-state index is 13.5. The lowest BCUT2D eigenvalue weighted by molar-refractivity contribution is -0.384. The van der Waals surface area contributed by atoms with E-state index in [4.69, 9.17) is 17.3 Å². The molecule has 0 spiro atoms. The number of benzene rings is 1.